The molecule has 2 rings (SSSR count). The number of carboxylic acids is 1. The van der Waals surface area contributed by atoms with E-state index in [1.165, 1.54) is 0 Å². The molecule has 1 amide bonds. The summed E-state index contributed by atoms with van der Waals surface area (Å²) in [5.41, 5.74) is 0.749. The molecule has 0 aliphatic heterocycles. The van der Waals surface area contributed by atoms with Crippen LogP contribution in [0.25, 0.3) is 5.65 Å². The number of ether oxygens (including phenoxy) is 1. The van der Waals surface area contributed by atoms with E-state index in [9.17, 15) is 9.59 Å². The van der Waals surface area contributed by atoms with Gasteiger partial charge in [-0.25, -0.2) is 4.79 Å². The first kappa shape index (κ1) is 13.9. The first-order valence-electron chi connectivity index (χ1n) is 6.01. The maximum atomic E-state index is 11.3. The van der Waals surface area contributed by atoms with E-state index in [2.05, 4.69) is 20.3 Å². The minimum Gasteiger partial charge on any atom is -0.480 e. The highest BCUT2D eigenvalue weighted by Crippen LogP contribution is 2.02. The van der Waals surface area contributed by atoms with Crippen LogP contribution in [0.5, 0.6) is 0 Å². The summed E-state index contributed by atoms with van der Waals surface area (Å²) in [6.45, 7) is -0.375. The lowest BCUT2D eigenvalue weighted by molar-refractivity contribution is -0.143. The van der Waals surface area contributed by atoms with Crippen LogP contribution in [-0.4, -0.2) is 51.3 Å². The van der Waals surface area contributed by atoms with Crippen LogP contribution in [-0.2, 0) is 20.7 Å². The van der Waals surface area contributed by atoms with Crippen molar-refractivity contribution in [3.63, 3.8) is 0 Å². The Morgan fingerprint density at radius 1 is 1.30 bits per heavy atom. The number of amides is 1. The standard InChI is InChI=1S/C12H14N4O4/c17-11(7-20-8-12(18)19)13-5-4-10-15-14-9-3-1-2-6-16(9)10/h1-3,6H,4-5,7-8H2,(H,13,17)(H,18,19). The molecule has 0 aromatic carbocycles. The minimum atomic E-state index is -1.10. The Kier molecular flexibility index (Phi) is 4.61. The maximum Gasteiger partial charge on any atom is 0.329 e. The molecule has 0 atom stereocenters. The Morgan fingerprint density at radius 3 is 2.95 bits per heavy atom. The minimum absolute atomic E-state index is 0.271. The van der Waals surface area contributed by atoms with Gasteiger partial charge in [-0.3, -0.25) is 9.20 Å². The number of hydrogen-bond donors (Lipinski definition) is 2. The molecule has 106 valence electrons. The number of aliphatic carboxylic acids is 1. The molecule has 0 radical (unpaired) electrons. The number of nitrogens with one attached hydrogen (secondary N) is 1. The summed E-state index contributed by atoms with van der Waals surface area (Å²) in [6, 6.07) is 5.59. The van der Waals surface area contributed by atoms with Crippen LogP contribution >= 0.6 is 0 Å². The van der Waals surface area contributed by atoms with Gasteiger partial charge in [-0.2, -0.15) is 0 Å². The monoisotopic (exact) mass is 278 g/mol. The van der Waals surface area contributed by atoms with Gasteiger partial charge in [-0.15, -0.1) is 10.2 Å². The van der Waals surface area contributed by atoms with Gasteiger partial charge in [0.05, 0.1) is 0 Å². The van der Waals surface area contributed by atoms with Crippen LogP contribution in [0.1, 0.15) is 5.82 Å². The van der Waals surface area contributed by atoms with Crippen molar-refractivity contribution in [2.75, 3.05) is 19.8 Å². The van der Waals surface area contributed by atoms with Crippen molar-refractivity contribution in [1.29, 1.82) is 0 Å². The summed E-state index contributed by atoms with van der Waals surface area (Å²) in [7, 11) is 0. The number of pyridine rings is 1. The summed E-state index contributed by atoms with van der Waals surface area (Å²) >= 11 is 0. The second kappa shape index (κ2) is 6.62. The van der Waals surface area contributed by atoms with E-state index < -0.39 is 12.6 Å². The third kappa shape index (κ3) is 3.75. The van der Waals surface area contributed by atoms with Crippen LogP contribution in [0.4, 0.5) is 0 Å². The second-order valence-corrected chi connectivity index (χ2v) is 4.03. The zero-order valence-corrected chi connectivity index (χ0v) is 10.7. The predicted molar refractivity (Wildman–Crippen MR) is 68.2 cm³/mol. The van der Waals surface area contributed by atoms with E-state index in [1.807, 2.05) is 28.8 Å². The Labute approximate surface area is 114 Å². The van der Waals surface area contributed by atoms with Crippen LogP contribution < -0.4 is 5.32 Å². The van der Waals surface area contributed by atoms with Gasteiger partial charge >= 0.3 is 5.97 Å². The summed E-state index contributed by atoms with van der Waals surface area (Å²) in [6.07, 6.45) is 2.37. The highest BCUT2D eigenvalue weighted by atomic mass is 16.5. The molecular formula is C12H14N4O4. The van der Waals surface area contributed by atoms with Crippen LogP contribution in [0.3, 0.4) is 0 Å². The first-order chi connectivity index (χ1) is 9.66. The smallest absolute Gasteiger partial charge is 0.329 e. The van der Waals surface area contributed by atoms with Crippen molar-refractivity contribution in [2.45, 2.75) is 6.42 Å². The lowest BCUT2D eigenvalue weighted by Crippen LogP contribution is -2.30. The Balaban J connectivity index is 1.75. The largest absolute Gasteiger partial charge is 0.480 e. The summed E-state index contributed by atoms with van der Waals surface area (Å²) in [5, 5.41) is 19.0. The molecule has 0 saturated carbocycles. The predicted octanol–water partition coefficient (Wildman–Crippen LogP) is -0.511. The van der Waals surface area contributed by atoms with Crippen LogP contribution in [0, 0.1) is 0 Å². The van der Waals surface area contributed by atoms with Crippen molar-refractivity contribution in [3.05, 3.63) is 30.2 Å². The SMILES string of the molecule is O=C(O)COCC(=O)NCCc1nnc2ccccn12. The van der Waals surface area contributed by atoms with Crippen LogP contribution in [0.2, 0.25) is 0 Å². The average molecular weight is 278 g/mol. The van der Waals surface area contributed by atoms with E-state index in [0.29, 0.717) is 13.0 Å². The highest BCUT2D eigenvalue weighted by Gasteiger charge is 2.06. The molecule has 0 bridgehead atoms. The topological polar surface area (TPSA) is 106 Å². The second-order valence-electron chi connectivity index (χ2n) is 4.03. The summed E-state index contributed by atoms with van der Waals surface area (Å²) in [4.78, 5) is 21.5. The molecule has 0 spiro atoms. The van der Waals surface area contributed by atoms with Crippen molar-refractivity contribution in [1.82, 2.24) is 19.9 Å². The number of carboxylic acid groups (broad SMARTS) is 1. The molecule has 0 unspecified atom stereocenters. The lowest BCUT2D eigenvalue weighted by Gasteiger charge is -2.04. The van der Waals surface area contributed by atoms with Crippen molar-refractivity contribution >= 4 is 17.5 Å². The molecule has 2 N–H and O–H groups in total. The number of fused-ring (bicyclic) bond motifs is 1. The molecule has 20 heavy (non-hydrogen) atoms. The number of carbonyl (C=O) groups excluding carboxylic acids is 1. The molecule has 0 saturated heterocycles. The normalized spacial score (nSPS) is 10.6. The van der Waals surface area contributed by atoms with E-state index >= 15 is 0 Å². The Morgan fingerprint density at radius 2 is 2.15 bits per heavy atom. The average Bonchev–Trinajstić information content (AvgIpc) is 2.82. The zero-order chi connectivity index (χ0) is 14.4. The number of hydrogen-bond acceptors (Lipinski definition) is 5. The van der Waals surface area contributed by atoms with Crippen molar-refractivity contribution < 1.29 is 19.4 Å². The van der Waals surface area contributed by atoms with Crippen LogP contribution in [0.15, 0.2) is 24.4 Å². The third-order valence-electron chi connectivity index (χ3n) is 2.51. The van der Waals surface area contributed by atoms with E-state index in [-0.39, 0.29) is 12.5 Å². The number of rotatable bonds is 7. The molecule has 8 nitrogen and oxygen atoms in total. The van der Waals surface area contributed by atoms with E-state index in [0.717, 1.165) is 11.5 Å². The molecule has 0 aliphatic carbocycles. The van der Waals surface area contributed by atoms with Gasteiger partial charge in [-0.05, 0) is 12.1 Å². The molecule has 2 aromatic heterocycles. The molecule has 0 fully saturated rings. The summed E-state index contributed by atoms with van der Waals surface area (Å²) < 4.78 is 6.51. The van der Waals surface area contributed by atoms with Gasteiger partial charge in [0.2, 0.25) is 5.91 Å². The fourth-order valence-corrected chi connectivity index (χ4v) is 1.66. The quantitative estimate of drug-likeness (QED) is 0.706. The zero-order valence-electron chi connectivity index (χ0n) is 10.7. The third-order valence-corrected chi connectivity index (χ3v) is 2.51. The molecule has 8 heteroatoms. The molecular weight excluding hydrogens is 264 g/mol. The Hall–Kier alpha value is -2.48. The van der Waals surface area contributed by atoms with Gasteiger partial charge in [0, 0.05) is 19.2 Å². The lowest BCUT2D eigenvalue weighted by atomic mass is 10.4. The maximum absolute atomic E-state index is 11.3. The van der Waals surface area contributed by atoms with Gasteiger partial charge < -0.3 is 15.2 Å². The molecule has 2 aromatic rings. The van der Waals surface area contributed by atoms with Gasteiger partial charge in [0.25, 0.3) is 0 Å². The van der Waals surface area contributed by atoms with Gasteiger partial charge in [-0.1, -0.05) is 6.07 Å². The number of nitrogens with zero attached hydrogens (tertiary/aromatic N) is 3. The molecule has 2 heterocycles. The number of carbonyl (C=O) groups is 2. The van der Waals surface area contributed by atoms with Gasteiger partial charge in [0.15, 0.2) is 5.65 Å². The molecule has 0 aliphatic rings. The van der Waals surface area contributed by atoms with E-state index in [1.54, 1.807) is 0 Å². The first-order valence-corrected chi connectivity index (χ1v) is 6.01. The Bertz CT molecular complexity index is 610. The number of aromatic nitrogens is 3. The van der Waals surface area contributed by atoms with E-state index in [4.69, 9.17) is 5.11 Å². The van der Waals surface area contributed by atoms with Crippen molar-refractivity contribution in [2.24, 2.45) is 0 Å². The summed E-state index contributed by atoms with van der Waals surface area (Å²) in [5.74, 6) is -0.722. The fraction of sp³-hybridized carbons (Fsp3) is 0.333. The fourth-order valence-electron chi connectivity index (χ4n) is 1.66. The highest BCUT2D eigenvalue weighted by molar-refractivity contribution is 5.77. The van der Waals surface area contributed by atoms with Gasteiger partial charge in [0.1, 0.15) is 19.0 Å². The van der Waals surface area contributed by atoms with Crippen molar-refractivity contribution in [3.8, 4) is 0 Å².